The van der Waals surface area contributed by atoms with Gasteiger partial charge in [0.15, 0.2) is 26.8 Å². The molecule has 0 saturated heterocycles. The summed E-state index contributed by atoms with van der Waals surface area (Å²) in [4.78, 5) is 18.0. The summed E-state index contributed by atoms with van der Waals surface area (Å²) in [7, 11) is -10.0. The molecule has 2 rings (SSSR count). The van der Waals surface area contributed by atoms with Gasteiger partial charge in [-0.1, -0.05) is 0 Å². The van der Waals surface area contributed by atoms with E-state index in [9.17, 15) is 32.7 Å². The van der Waals surface area contributed by atoms with Crippen molar-refractivity contribution >= 4 is 17.1 Å². The van der Waals surface area contributed by atoms with Crippen molar-refractivity contribution in [2.75, 3.05) is 5.73 Å². The van der Waals surface area contributed by atoms with E-state index in [0.717, 1.165) is 0 Å². The normalized spacial score (nSPS) is 12.7. The lowest BCUT2D eigenvalue weighted by Gasteiger charge is -2.13. The predicted octanol–water partition coefficient (Wildman–Crippen LogP) is -9.17. The third-order valence-corrected chi connectivity index (χ3v) is 2.47. The quantitative estimate of drug-likeness (QED) is 0.542. The number of fused-ring (bicyclic) bond motifs is 1. The summed E-state index contributed by atoms with van der Waals surface area (Å²) in [6, 6.07) is 0. The first-order valence-electron chi connectivity index (χ1n) is 4.45. The molecule has 116 valence electrons. The molecule has 16 heteroatoms. The summed E-state index contributed by atoms with van der Waals surface area (Å²) in [6.45, 7) is 0. The maximum absolute atomic E-state index is 11.6. The van der Waals surface area contributed by atoms with Crippen LogP contribution in [0.25, 0.3) is 11.2 Å². The molecule has 2 aromatic rings. The molecule has 0 aliphatic rings. The fourth-order valence-corrected chi connectivity index (χ4v) is 1.86. The van der Waals surface area contributed by atoms with Gasteiger partial charge in [-0.15, -0.1) is 0 Å². The number of imidazole rings is 1. The van der Waals surface area contributed by atoms with Crippen molar-refractivity contribution in [2.24, 2.45) is 0 Å². The molecular weight excluding hydrogens is 345 g/mol. The highest BCUT2D eigenvalue weighted by Gasteiger charge is 2.30. The summed E-state index contributed by atoms with van der Waals surface area (Å²) in [6.07, 6.45) is 0.518. The van der Waals surface area contributed by atoms with E-state index < -0.39 is 43.2 Å². The number of hydrogen-bond donors (Lipinski definition) is 1. The van der Waals surface area contributed by atoms with Crippen molar-refractivity contribution in [3.05, 3.63) is 16.7 Å². The maximum atomic E-state index is 11.6. The molecule has 0 saturated carbocycles. The third kappa shape index (κ3) is 3.40. The van der Waals surface area contributed by atoms with Gasteiger partial charge in [0.2, 0.25) is 11.2 Å². The van der Waals surface area contributed by atoms with E-state index in [1.807, 2.05) is 0 Å². The van der Waals surface area contributed by atoms with Gasteiger partial charge in [-0.3, -0.25) is 4.79 Å². The highest BCUT2D eigenvalue weighted by Crippen LogP contribution is 2.10. The van der Waals surface area contributed by atoms with Gasteiger partial charge in [-0.2, -0.15) is 32.9 Å². The van der Waals surface area contributed by atoms with E-state index in [4.69, 9.17) is 5.73 Å². The van der Waals surface area contributed by atoms with E-state index >= 15 is 0 Å². The molecule has 0 radical (unpaired) electrons. The Bertz CT molecular complexity index is 729. The molecule has 0 atom stereocenters. The van der Waals surface area contributed by atoms with Crippen LogP contribution in [0.3, 0.4) is 0 Å². The van der Waals surface area contributed by atoms with Crippen molar-refractivity contribution in [3.63, 3.8) is 0 Å². The fourth-order valence-electron chi connectivity index (χ4n) is 1.27. The van der Waals surface area contributed by atoms with Crippen LogP contribution in [0.2, 0.25) is 0 Å². The topological polar surface area (TPSA) is 236 Å². The number of aromatic nitrogens is 4. The van der Waals surface area contributed by atoms with Gasteiger partial charge in [-0.05, 0) is 4.73 Å². The number of hydrogen-bond acceptors (Lipinski definition) is 12. The zero-order chi connectivity index (χ0) is 16.0. The molecule has 0 aliphatic carbocycles. The number of nitrogens with two attached hydrogens (primary N) is 1. The Labute approximate surface area is 117 Å². The van der Waals surface area contributed by atoms with Gasteiger partial charge in [0.25, 0.3) is 5.95 Å². The van der Waals surface area contributed by atoms with Crippen molar-refractivity contribution in [1.29, 1.82) is 0 Å². The molecular formula is C5H3Cl2N5O9. The SMILES string of the molecule is Nc1nc(=O)c2c(ncn2O[Cl+3]([O-])([O-])[O-])n1O[Cl+3]([O-])([O-])[O-]. The molecule has 0 aliphatic heterocycles. The van der Waals surface area contributed by atoms with Crippen LogP contribution < -0.4 is 48.0 Å². The van der Waals surface area contributed by atoms with Crippen LogP contribution in [0.4, 0.5) is 5.95 Å². The minimum Gasteiger partial charge on any atom is -0.366 e. The standard InChI is InChI=1S/C5H3Cl2N5O9/c8-5-10-4(13)2-3(12(5)21-7(17,18)19)9-1-11(2)20-6(14,15)16/h1H,(H2,8,10,13). The van der Waals surface area contributed by atoms with E-state index in [2.05, 4.69) is 18.7 Å². The van der Waals surface area contributed by atoms with Crippen molar-refractivity contribution < 1.29 is 57.2 Å². The molecule has 0 bridgehead atoms. The number of nitrogens with zero attached hydrogens (tertiary/aromatic N) is 4. The zero-order valence-corrected chi connectivity index (χ0v) is 10.9. The Hall–Kier alpha value is -1.91. The van der Waals surface area contributed by atoms with Crippen LogP contribution in [0.15, 0.2) is 11.1 Å². The molecule has 2 heterocycles. The monoisotopic (exact) mass is 347 g/mol. The molecule has 0 unspecified atom stereocenters. The summed E-state index contributed by atoms with van der Waals surface area (Å²) < 4.78 is 70.7. The Morgan fingerprint density at radius 1 is 1.10 bits per heavy atom. The molecule has 0 fully saturated rings. The van der Waals surface area contributed by atoms with E-state index in [-0.39, 0.29) is 9.46 Å². The van der Waals surface area contributed by atoms with Crippen LogP contribution in [-0.4, -0.2) is 19.4 Å². The summed E-state index contributed by atoms with van der Waals surface area (Å²) in [5.41, 5.74) is 2.42. The highest BCUT2D eigenvalue weighted by atomic mass is 35.7. The van der Waals surface area contributed by atoms with Gasteiger partial charge in [0.1, 0.15) is 0 Å². The van der Waals surface area contributed by atoms with Crippen molar-refractivity contribution in [2.45, 2.75) is 0 Å². The van der Waals surface area contributed by atoms with E-state index in [1.54, 1.807) is 0 Å². The first-order valence-corrected chi connectivity index (χ1v) is 6.92. The van der Waals surface area contributed by atoms with Crippen molar-refractivity contribution in [3.8, 4) is 0 Å². The average Bonchev–Trinajstić information content (AvgIpc) is 2.64. The van der Waals surface area contributed by atoms with Crippen LogP contribution in [0.5, 0.6) is 0 Å². The molecule has 0 spiro atoms. The molecule has 21 heavy (non-hydrogen) atoms. The second-order valence-corrected chi connectivity index (χ2v) is 4.99. The van der Waals surface area contributed by atoms with Crippen LogP contribution in [0, 0.1) is 20.5 Å². The van der Waals surface area contributed by atoms with E-state index in [0.29, 0.717) is 6.33 Å². The first kappa shape index (κ1) is 15.5. The fraction of sp³-hybridized carbons (Fsp3) is 0. The number of halogens is 2. The molecule has 0 amide bonds. The lowest BCUT2D eigenvalue weighted by atomic mass is 10.5. The summed E-state index contributed by atoms with van der Waals surface area (Å²) in [5, 5.41) is 0. The number of anilines is 1. The average molecular weight is 348 g/mol. The largest absolute Gasteiger partial charge is 0.366 e. The Kier molecular flexibility index (Phi) is 3.56. The van der Waals surface area contributed by atoms with Crippen molar-refractivity contribution in [1.82, 2.24) is 19.4 Å². The first-order chi connectivity index (χ1) is 9.48. The van der Waals surface area contributed by atoms with Crippen LogP contribution >= 0.6 is 0 Å². The lowest BCUT2D eigenvalue weighted by Crippen LogP contribution is -2.66. The summed E-state index contributed by atoms with van der Waals surface area (Å²) >= 11 is 0. The minimum atomic E-state index is -5.02. The van der Waals surface area contributed by atoms with E-state index in [1.165, 1.54) is 0 Å². The van der Waals surface area contributed by atoms with Gasteiger partial charge < -0.3 is 5.73 Å². The Balaban J connectivity index is 2.65. The van der Waals surface area contributed by atoms with Crippen LogP contribution in [-0.2, 0) is 0 Å². The van der Waals surface area contributed by atoms with Gasteiger partial charge >= 0.3 is 5.56 Å². The minimum absolute atomic E-state index is 0.0365. The lowest BCUT2D eigenvalue weighted by molar-refractivity contribution is -1.92. The predicted molar refractivity (Wildman–Crippen MR) is 39.4 cm³/mol. The highest BCUT2D eigenvalue weighted by molar-refractivity contribution is 5.70. The number of rotatable bonds is 4. The van der Waals surface area contributed by atoms with Crippen LogP contribution in [0.1, 0.15) is 0 Å². The third-order valence-electron chi connectivity index (χ3n) is 1.85. The smallest absolute Gasteiger partial charge is 0.305 e. The second-order valence-electron chi connectivity index (χ2n) is 3.21. The van der Waals surface area contributed by atoms with Gasteiger partial charge in [0, 0.05) is 9.12 Å². The maximum Gasteiger partial charge on any atom is 0.305 e. The molecule has 2 aromatic heterocycles. The number of nitrogen functional groups attached to an aromatic ring is 1. The van der Waals surface area contributed by atoms with Gasteiger partial charge in [0.05, 0.1) is 4.39 Å². The Morgan fingerprint density at radius 2 is 1.67 bits per heavy atom. The molecule has 2 N–H and O–H groups in total. The Morgan fingerprint density at radius 3 is 2.19 bits per heavy atom. The summed E-state index contributed by atoms with van der Waals surface area (Å²) in [5.74, 6) is -0.868. The zero-order valence-electron chi connectivity index (χ0n) is 9.37. The molecule has 14 nitrogen and oxygen atoms in total. The second kappa shape index (κ2) is 4.83. The van der Waals surface area contributed by atoms with Gasteiger partial charge in [-0.25, -0.2) is 4.98 Å². The molecule has 0 aromatic carbocycles.